The number of nitrogens with zero attached hydrogens (tertiary/aromatic N) is 2. The lowest BCUT2D eigenvalue weighted by Crippen LogP contribution is -2.51. The molecule has 3 fully saturated rings. The minimum Gasteiger partial charge on any atom is -0.384 e. The number of amides is 1. The Bertz CT molecular complexity index is 1150. The molecule has 7 nitrogen and oxygen atoms in total. The van der Waals surface area contributed by atoms with Gasteiger partial charge < -0.3 is 14.4 Å². The van der Waals surface area contributed by atoms with Crippen molar-refractivity contribution >= 4 is 28.0 Å². The van der Waals surface area contributed by atoms with Crippen LogP contribution in [0.2, 0.25) is 0 Å². The molecule has 8 heteroatoms. The van der Waals surface area contributed by atoms with Crippen LogP contribution < -0.4 is 0 Å². The standard InChI is InChI=1S/C17H25NO.C16H22BrNO2.CO2/c1-14(15-7-5-4-6-8-15)18-11-16(2)9-10-17(16,12-18)13-19-3;1-13(14-6-4-3-5-7-14)18-11-16(8-9-17,12-20-2)10-15(18)19;2-1-3/h4-8,14H,9-13H2,1-3H3;3-7,13H,8-12H2,1-2H3;/t14-,16+,17-;13-,16-;/m11./s1. The van der Waals surface area contributed by atoms with Gasteiger partial charge in [-0.2, -0.15) is 9.59 Å². The molecule has 1 saturated carbocycles. The van der Waals surface area contributed by atoms with Crippen LogP contribution in [0.4, 0.5) is 0 Å². The summed E-state index contributed by atoms with van der Waals surface area (Å²) in [4.78, 5) is 33.3. The molecule has 3 aliphatic rings. The topological polar surface area (TPSA) is 76.2 Å². The van der Waals surface area contributed by atoms with E-state index in [2.05, 4.69) is 84.1 Å². The number of likely N-dealkylation sites (tertiary alicyclic amines) is 2. The van der Waals surface area contributed by atoms with E-state index in [-0.39, 0.29) is 23.5 Å². The van der Waals surface area contributed by atoms with Crippen LogP contribution >= 0.6 is 15.9 Å². The number of hydrogen-bond acceptors (Lipinski definition) is 6. The molecule has 0 N–H and O–H groups in total. The smallest absolute Gasteiger partial charge is 0.373 e. The molecule has 0 radical (unpaired) electrons. The van der Waals surface area contributed by atoms with Gasteiger partial charge in [-0.05, 0) is 49.7 Å². The van der Waals surface area contributed by atoms with Crippen molar-refractivity contribution in [2.75, 3.05) is 52.4 Å². The fraction of sp³-hybridized carbons (Fsp3) is 0.588. The first kappa shape index (κ1) is 34.1. The lowest BCUT2D eigenvalue weighted by molar-refractivity contribution is -0.191. The molecular weight excluding hydrogens is 596 g/mol. The average molecular weight is 644 g/mol. The first-order valence-corrected chi connectivity index (χ1v) is 15.9. The second-order valence-electron chi connectivity index (χ2n) is 12.5. The first-order chi connectivity index (χ1) is 20.1. The van der Waals surface area contributed by atoms with Gasteiger partial charge in [0.25, 0.3) is 0 Å². The van der Waals surface area contributed by atoms with E-state index in [0.717, 1.165) is 24.9 Å². The molecule has 0 unspecified atom stereocenters. The van der Waals surface area contributed by atoms with Crippen LogP contribution in [0.5, 0.6) is 0 Å². The summed E-state index contributed by atoms with van der Waals surface area (Å²) in [6, 6.07) is 21.7. The van der Waals surface area contributed by atoms with Gasteiger partial charge in [0.15, 0.2) is 0 Å². The van der Waals surface area contributed by atoms with Gasteiger partial charge in [0, 0.05) is 62.5 Å². The summed E-state index contributed by atoms with van der Waals surface area (Å²) in [6.07, 6.45) is 4.48. The van der Waals surface area contributed by atoms with Crippen LogP contribution in [0.3, 0.4) is 0 Å². The summed E-state index contributed by atoms with van der Waals surface area (Å²) in [5.74, 6) is 0.236. The number of carbonyl (C=O) groups is 1. The third-order valence-corrected chi connectivity index (χ3v) is 10.3. The van der Waals surface area contributed by atoms with Crippen LogP contribution in [0.25, 0.3) is 0 Å². The highest BCUT2D eigenvalue weighted by atomic mass is 79.9. The predicted molar refractivity (Wildman–Crippen MR) is 167 cm³/mol. The summed E-state index contributed by atoms with van der Waals surface area (Å²) < 4.78 is 10.9. The van der Waals surface area contributed by atoms with Crippen LogP contribution in [-0.4, -0.2) is 74.3 Å². The van der Waals surface area contributed by atoms with Crippen molar-refractivity contribution < 1.29 is 23.9 Å². The van der Waals surface area contributed by atoms with E-state index in [1.54, 1.807) is 7.11 Å². The number of methoxy groups -OCH3 is 2. The quantitative estimate of drug-likeness (QED) is 0.283. The number of halogens is 1. The lowest BCUT2D eigenvalue weighted by Gasteiger charge is -2.52. The van der Waals surface area contributed by atoms with Gasteiger partial charge in [-0.25, -0.2) is 0 Å². The summed E-state index contributed by atoms with van der Waals surface area (Å²) in [7, 11) is 3.56. The molecule has 5 rings (SSSR count). The second-order valence-corrected chi connectivity index (χ2v) is 13.3. The molecule has 0 spiro atoms. The van der Waals surface area contributed by atoms with E-state index < -0.39 is 0 Å². The van der Waals surface area contributed by atoms with Gasteiger partial charge in [-0.1, -0.05) is 83.5 Å². The molecule has 2 aliphatic heterocycles. The van der Waals surface area contributed by atoms with E-state index in [4.69, 9.17) is 19.1 Å². The molecule has 0 bridgehead atoms. The summed E-state index contributed by atoms with van der Waals surface area (Å²) in [5, 5.41) is 0.900. The minimum atomic E-state index is -0.0433. The fourth-order valence-corrected chi connectivity index (χ4v) is 7.98. The van der Waals surface area contributed by atoms with Crippen LogP contribution in [0.15, 0.2) is 60.7 Å². The molecule has 0 aromatic heterocycles. The van der Waals surface area contributed by atoms with Crippen LogP contribution in [0, 0.1) is 16.2 Å². The Morgan fingerprint density at radius 2 is 1.40 bits per heavy atom. The predicted octanol–water partition coefficient (Wildman–Crippen LogP) is 6.31. The zero-order valence-corrected chi connectivity index (χ0v) is 27.4. The number of alkyl halides is 1. The van der Waals surface area contributed by atoms with Gasteiger partial charge in [-0.3, -0.25) is 9.69 Å². The van der Waals surface area contributed by atoms with E-state index in [1.165, 1.54) is 37.1 Å². The summed E-state index contributed by atoms with van der Waals surface area (Å²) in [6.45, 7) is 11.6. The molecule has 5 atom stereocenters. The van der Waals surface area contributed by atoms with Crippen LogP contribution in [-0.2, 0) is 23.9 Å². The number of ether oxygens (including phenoxy) is 2. The Morgan fingerprint density at radius 3 is 1.88 bits per heavy atom. The molecule has 42 heavy (non-hydrogen) atoms. The molecule has 1 amide bonds. The lowest BCUT2D eigenvalue weighted by atomic mass is 9.52. The Balaban J connectivity index is 0.000000211. The van der Waals surface area contributed by atoms with Crippen molar-refractivity contribution in [3.63, 3.8) is 0 Å². The zero-order chi connectivity index (χ0) is 30.8. The van der Waals surface area contributed by atoms with Gasteiger partial charge >= 0.3 is 6.15 Å². The molecule has 2 heterocycles. The zero-order valence-electron chi connectivity index (χ0n) is 25.8. The number of rotatable bonds is 10. The summed E-state index contributed by atoms with van der Waals surface area (Å²) >= 11 is 3.50. The van der Waals surface area contributed by atoms with Gasteiger partial charge in [0.1, 0.15) is 0 Å². The summed E-state index contributed by atoms with van der Waals surface area (Å²) in [5.41, 5.74) is 3.45. The maximum Gasteiger partial charge on any atom is 0.373 e. The SMILES string of the molecule is COC[C@]1(CCBr)CC(=O)N([C@H](C)c2ccccc2)C1.COC[C@]12CC[C@@]1(C)CN([C@H](C)c1ccccc1)C2.O=C=O. The van der Waals surface area contributed by atoms with Gasteiger partial charge in [-0.15, -0.1) is 0 Å². The Morgan fingerprint density at radius 1 is 0.857 bits per heavy atom. The van der Waals surface area contributed by atoms with E-state index >= 15 is 0 Å². The maximum atomic E-state index is 12.4. The third-order valence-electron chi connectivity index (χ3n) is 9.92. The van der Waals surface area contributed by atoms with Crippen molar-refractivity contribution in [2.45, 2.75) is 58.5 Å². The highest BCUT2D eigenvalue weighted by Crippen LogP contribution is 2.62. The molecule has 2 aromatic carbocycles. The fourth-order valence-electron chi connectivity index (χ4n) is 7.13. The number of fused-ring (bicyclic) bond motifs is 1. The van der Waals surface area contributed by atoms with Crippen molar-refractivity contribution in [3.8, 4) is 0 Å². The van der Waals surface area contributed by atoms with Gasteiger partial charge in [0.2, 0.25) is 5.91 Å². The van der Waals surface area contributed by atoms with Gasteiger partial charge in [0.05, 0.1) is 19.3 Å². The highest BCUT2D eigenvalue weighted by Gasteiger charge is 2.61. The number of benzene rings is 2. The van der Waals surface area contributed by atoms with E-state index in [9.17, 15) is 4.79 Å². The molecule has 2 saturated heterocycles. The molecular formula is C34H47BrN2O5. The van der Waals surface area contributed by atoms with Crippen LogP contribution in [0.1, 0.15) is 69.7 Å². The number of carbonyl (C=O) groups excluding carboxylic acids is 3. The Kier molecular flexibility index (Phi) is 12.5. The van der Waals surface area contributed by atoms with Crippen molar-refractivity contribution in [2.24, 2.45) is 16.2 Å². The first-order valence-electron chi connectivity index (χ1n) is 14.8. The van der Waals surface area contributed by atoms with Crippen molar-refractivity contribution in [3.05, 3.63) is 71.8 Å². The van der Waals surface area contributed by atoms with E-state index in [1.807, 2.05) is 30.2 Å². The third kappa shape index (κ3) is 7.59. The Hall–Kier alpha value is -2.35. The maximum absolute atomic E-state index is 12.4. The minimum absolute atomic E-state index is 0.0433. The normalized spacial score (nSPS) is 27.9. The molecule has 230 valence electrons. The van der Waals surface area contributed by atoms with Crippen molar-refractivity contribution in [1.82, 2.24) is 9.80 Å². The largest absolute Gasteiger partial charge is 0.384 e. The highest BCUT2D eigenvalue weighted by molar-refractivity contribution is 9.09. The average Bonchev–Trinajstić information content (AvgIpc) is 3.41. The second kappa shape index (κ2) is 15.4. The van der Waals surface area contributed by atoms with E-state index in [0.29, 0.717) is 29.9 Å². The number of hydrogen-bond donors (Lipinski definition) is 0. The van der Waals surface area contributed by atoms with Crippen molar-refractivity contribution in [1.29, 1.82) is 0 Å². The molecule has 2 aromatic rings. The molecule has 1 aliphatic carbocycles. The monoisotopic (exact) mass is 642 g/mol. The Labute approximate surface area is 260 Å².